The van der Waals surface area contributed by atoms with Crippen LogP contribution in [0.5, 0.6) is 0 Å². The molecule has 0 saturated heterocycles. The van der Waals surface area contributed by atoms with Gasteiger partial charge in [0.25, 0.3) is 5.91 Å². The molecule has 2 aromatic rings. The van der Waals surface area contributed by atoms with E-state index in [1.54, 1.807) is 18.2 Å². The van der Waals surface area contributed by atoms with Gasteiger partial charge in [-0.25, -0.2) is 0 Å². The minimum absolute atomic E-state index is 0.0579. The third-order valence-corrected chi connectivity index (χ3v) is 3.81. The minimum atomic E-state index is -0.343. The smallest absolute Gasteiger partial charge is 0.291 e. The number of anilines is 2. The molecule has 0 aliphatic heterocycles. The van der Waals surface area contributed by atoms with Gasteiger partial charge in [-0.05, 0) is 57.3 Å². The first kappa shape index (κ1) is 19.7. The van der Waals surface area contributed by atoms with Gasteiger partial charge < -0.3 is 20.0 Å². The van der Waals surface area contributed by atoms with Gasteiger partial charge in [0.05, 0.1) is 17.9 Å². The van der Waals surface area contributed by atoms with E-state index in [0.29, 0.717) is 24.3 Å². The highest BCUT2D eigenvalue weighted by Crippen LogP contribution is 2.24. The van der Waals surface area contributed by atoms with E-state index in [0.717, 1.165) is 24.2 Å². The zero-order chi connectivity index (χ0) is 19.1. The molecule has 26 heavy (non-hydrogen) atoms. The molecule has 0 unspecified atom stereocenters. The second-order valence-corrected chi connectivity index (χ2v) is 6.66. The Labute approximate surface area is 154 Å². The van der Waals surface area contributed by atoms with E-state index in [-0.39, 0.29) is 17.6 Å². The maximum Gasteiger partial charge on any atom is 0.291 e. The Morgan fingerprint density at radius 3 is 2.54 bits per heavy atom. The predicted molar refractivity (Wildman–Crippen MR) is 103 cm³/mol. The highest BCUT2D eigenvalue weighted by Gasteiger charge is 2.15. The van der Waals surface area contributed by atoms with E-state index in [9.17, 15) is 9.59 Å². The first-order valence-corrected chi connectivity index (χ1v) is 8.84. The van der Waals surface area contributed by atoms with Crippen LogP contribution in [0.25, 0.3) is 0 Å². The molecule has 1 aromatic heterocycles. The van der Waals surface area contributed by atoms with Gasteiger partial charge in [-0.3, -0.25) is 9.59 Å². The SMILES string of the molecule is CCCCC(=O)Nc1ccc(C)cc1NC(=O)c1ccc(CN(C)C)o1. The number of hydrogen-bond donors (Lipinski definition) is 2. The van der Waals surface area contributed by atoms with E-state index in [1.165, 1.54) is 0 Å². The summed E-state index contributed by atoms with van der Waals surface area (Å²) in [6, 6.07) is 8.97. The van der Waals surface area contributed by atoms with Crippen LogP contribution in [0.2, 0.25) is 0 Å². The Kier molecular flexibility index (Phi) is 6.97. The third kappa shape index (κ3) is 5.74. The van der Waals surface area contributed by atoms with Crippen LogP contribution in [0.15, 0.2) is 34.7 Å². The summed E-state index contributed by atoms with van der Waals surface area (Å²) in [7, 11) is 3.87. The summed E-state index contributed by atoms with van der Waals surface area (Å²) in [6.45, 7) is 4.59. The van der Waals surface area contributed by atoms with Crippen molar-refractivity contribution in [1.82, 2.24) is 4.90 Å². The summed E-state index contributed by atoms with van der Waals surface area (Å²) < 4.78 is 5.59. The Morgan fingerprint density at radius 1 is 1.08 bits per heavy atom. The van der Waals surface area contributed by atoms with E-state index >= 15 is 0 Å². The summed E-state index contributed by atoms with van der Waals surface area (Å²) in [5.41, 5.74) is 2.13. The number of amides is 2. The van der Waals surface area contributed by atoms with Gasteiger partial charge in [0, 0.05) is 6.42 Å². The fourth-order valence-electron chi connectivity index (χ4n) is 2.50. The average molecular weight is 357 g/mol. The molecule has 6 nitrogen and oxygen atoms in total. The van der Waals surface area contributed by atoms with Crippen LogP contribution < -0.4 is 10.6 Å². The lowest BCUT2D eigenvalue weighted by atomic mass is 10.1. The molecule has 0 aliphatic rings. The molecular weight excluding hydrogens is 330 g/mol. The fraction of sp³-hybridized carbons (Fsp3) is 0.400. The van der Waals surface area contributed by atoms with Crippen molar-refractivity contribution in [2.45, 2.75) is 39.7 Å². The number of carbonyl (C=O) groups excluding carboxylic acids is 2. The topological polar surface area (TPSA) is 74.6 Å². The van der Waals surface area contributed by atoms with Crippen molar-refractivity contribution in [2.24, 2.45) is 0 Å². The standard InChI is InChI=1S/C20H27N3O3/c1-5-6-7-19(24)21-16-10-8-14(2)12-17(16)22-20(25)18-11-9-15(26-18)13-23(3)4/h8-12H,5-7,13H2,1-4H3,(H,21,24)(H,22,25). The molecule has 0 radical (unpaired) electrons. The van der Waals surface area contributed by atoms with Gasteiger partial charge >= 0.3 is 0 Å². The summed E-state index contributed by atoms with van der Waals surface area (Å²) in [4.78, 5) is 26.5. The molecule has 0 aliphatic carbocycles. The second-order valence-electron chi connectivity index (χ2n) is 6.66. The number of carbonyl (C=O) groups is 2. The summed E-state index contributed by atoms with van der Waals surface area (Å²) in [5, 5.41) is 5.70. The Balaban J connectivity index is 2.12. The normalized spacial score (nSPS) is 10.8. The molecule has 0 bridgehead atoms. The van der Waals surface area contributed by atoms with Crippen LogP contribution in [-0.4, -0.2) is 30.8 Å². The molecule has 1 aromatic carbocycles. The molecule has 6 heteroatoms. The first-order chi connectivity index (χ1) is 12.4. The molecule has 0 fully saturated rings. The molecule has 0 saturated carbocycles. The van der Waals surface area contributed by atoms with Crippen molar-refractivity contribution in [3.63, 3.8) is 0 Å². The van der Waals surface area contributed by atoms with Gasteiger partial charge in [0.2, 0.25) is 5.91 Å². The van der Waals surface area contributed by atoms with Crippen molar-refractivity contribution in [2.75, 3.05) is 24.7 Å². The lowest BCUT2D eigenvalue weighted by Gasteiger charge is -2.13. The number of aryl methyl sites for hydroxylation is 1. The lowest BCUT2D eigenvalue weighted by Crippen LogP contribution is -2.16. The number of hydrogen-bond acceptors (Lipinski definition) is 4. The van der Waals surface area contributed by atoms with Gasteiger partial charge in [-0.1, -0.05) is 19.4 Å². The predicted octanol–water partition coefficient (Wildman–Crippen LogP) is 4.03. The van der Waals surface area contributed by atoms with E-state index < -0.39 is 0 Å². The Hall–Kier alpha value is -2.60. The van der Waals surface area contributed by atoms with Crippen molar-refractivity contribution >= 4 is 23.2 Å². The molecule has 1 heterocycles. The second kappa shape index (κ2) is 9.20. The van der Waals surface area contributed by atoms with E-state index in [2.05, 4.69) is 10.6 Å². The number of furan rings is 1. The maximum atomic E-state index is 12.5. The molecule has 0 atom stereocenters. The number of rotatable bonds is 8. The zero-order valence-electron chi connectivity index (χ0n) is 15.9. The highest BCUT2D eigenvalue weighted by atomic mass is 16.4. The van der Waals surface area contributed by atoms with Crippen LogP contribution in [-0.2, 0) is 11.3 Å². The summed E-state index contributed by atoms with van der Waals surface area (Å²) in [5.74, 6) is 0.561. The number of benzene rings is 1. The van der Waals surface area contributed by atoms with Gasteiger partial charge in [-0.2, -0.15) is 0 Å². The van der Waals surface area contributed by atoms with Crippen molar-refractivity contribution in [3.8, 4) is 0 Å². The number of nitrogens with one attached hydrogen (secondary N) is 2. The molecule has 0 spiro atoms. The summed E-state index contributed by atoms with van der Waals surface area (Å²) >= 11 is 0. The van der Waals surface area contributed by atoms with Crippen molar-refractivity contribution < 1.29 is 14.0 Å². The first-order valence-electron chi connectivity index (χ1n) is 8.84. The molecule has 140 valence electrons. The Bertz CT molecular complexity index is 765. The van der Waals surface area contributed by atoms with Crippen molar-refractivity contribution in [1.29, 1.82) is 0 Å². The third-order valence-electron chi connectivity index (χ3n) is 3.81. The highest BCUT2D eigenvalue weighted by molar-refractivity contribution is 6.05. The Morgan fingerprint density at radius 2 is 1.85 bits per heavy atom. The van der Waals surface area contributed by atoms with Gasteiger partial charge in [0.15, 0.2) is 5.76 Å². The van der Waals surface area contributed by atoms with Crippen LogP contribution in [0.3, 0.4) is 0 Å². The number of nitrogens with zero attached hydrogens (tertiary/aromatic N) is 1. The summed E-state index contributed by atoms with van der Waals surface area (Å²) in [6.07, 6.45) is 2.25. The van der Waals surface area contributed by atoms with Gasteiger partial charge in [-0.15, -0.1) is 0 Å². The number of unbranched alkanes of at least 4 members (excludes halogenated alkanes) is 1. The minimum Gasteiger partial charge on any atom is -0.455 e. The van der Waals surface area contributed by atoms with Crippen LogP contribution in [0.4, 0.5) is 11.4 Å². The molecule has 2 N–H and O–H groups in total. The van der Waals surface area contributed by atoms with Crippen LogP contribution in [0, 0.1) is 6.92 Å². The zero-order valence-corrected chi connectivity index (χ0v) is 15.9. The van der Waals surface area contributed by atoms with Crippen LogP contribution >= 0.6 is 0 Å². The van der Waals surface area contributed by atoms with E-state index in [4.69, 9.17) is 4.42 Å². The van der Waals surface area contributed by atoms with Gasteiger partial charge in [0.1, 0.15) is 5.76 Å². The maximum absolute atomic E-state index is 12.5. The van der Waals surface area contributed by atoms with Crippen molar-refractivity contribution in [3.05, 3.63) is 47.4 Å². The lowest BCUT2D eigenvalue weighted by molar-refractivity contribution is -0.116. The average Bonchev–Trinajstić information content (AvgIpc) is 3.03. The van der Waals surface area contributed by atoms with E-state index in [1.807, 2.05) is 45.0 Å². The molecular formula is C20H27N3O3. The fourth-order valence-corrected chi connectivity index (χ4v) is 2.50. The monoisotopic (exact) mass is 357 g/mol. The van der Waals surface area contributed by atoms with Crippen LogP contribution in [0.1, 0.15) is 48.1 Å². The molecule has 2 amide bonds. The molecule has 2 rings (SSSR count). The quantitative estimate of drug-likeness (QED) is 0.748. The largest absolute Gasteiger partial charge is 0.455 e.